The lowest BCUT2D eigenvalue weighted by molar-refractivity contribution is 0.404. The lowest BCUT2D eigenvalue weighted by Crippen LogP contribution is -2.14. The van der Waals surface area contributed by atoms with Gasteiger partial charge in [-0.05, 0) is 36.6 Å². The van der Waals surface area contributed by atoms with E-state index in [1.165, 1.54) is 11.1 Å². The fraction of sp³-hybridized carbons (Fsp3) is 0.238. The molecule has 0 unspecified atom stereocenters. The van der Waals surface area contributed by atoms with Crippen LogP contribution in [0.1, 0.15) is 17.5 Å². The van der Waals surface area contributed by atoms with Gasteiger partial charge in [0.05, 0.1) is 25.6 Å². The van der Waals surface area contributed by atoms with Gasteiger partial charge in [-0.1, -0.05) is 24.3 Å². The molecule has 0 amide bonds. The van der Waals surface area contributed by atoms with Crippen molar-refractivity contribution >= 4 is 17.0 Å². The molecule has 0 atom stereocenters. The summed E-state index contributed by atoms with van der Waals surface area (Å²) in [7, 11) is 5.12. The van der Waals surface area contributed by atoms with Gasteiger partial charge in [-0.25, -0.2) is 4.68 Å². The molecule has 0 bridgehead atoms. The predicted molar refractivity (Wildman–Crippen MR) is 109 cm³/mol. The summed E-state index contributed by atoms with van der Waals surface area (Å²) in [5.41, 5.74) is 5.53. The number of aromatic nitrogens is 1. The van der Waals surface area contributed by atoms with E-state index in [-0.39, 0.29) is 0 Å². The molecule has 1 aliphatic rings. The minimum Gasteiger partial charge on any atom is -0.497 e. The van der Waals surface area contributed by atoms with Crippen LogP contribution in [0.25, 0.3) is 11.3 Å². The number of hydrogen-bond donors (Lipinski definition) is 0. The summed E-state index contributed by atoms with van der Waals surface area (Å²) in [6.45, 7) is 0. The van der Waals surface area contributed by atoms with E-state index in [2.05, 4.69) is 34.6 Å². The van der Waals surface area contributed by atoms with E-state index in [9.17, 15) is 0 Å². The Labute approximate surface area is 162 Å². The Bertz CT molecular complexity index is 1080. The summed E-state index contributed by atoms with van der Waals surface area (Å²) in [4.78, 5) is 5.25. The number of ether oxygens (including phenoxy) is 2. The van der Waals surface area contributed by atoms with Gasteiger partial charge < -0.3 is 9.47 Å². The second kappa shape index (κ2) is 7.40. The number of fused-ring (bicyclic) bond motifs is 1. The monoisotopic (exact) mass is 379 g/mol. The van der Waals surface area contributed by atoms with Gasteiger partial charge in [0.15, 0.2) is 0 Å². The average Bonchev–Trinajstić information content (AvgIpc) is 3.32. The van der Waals surface area contributed by atoms with E-state index in [1.54, 1.807) is 32.6 Å². The Morgan fingerprint density at radius 3 is 2.63 bits per heavy atom. The van der Waals surface area contributed by atoms with E-state index in [1.807, 2.05) is 22.9 Å². The van der Waals surface area contributed by atoms with Gasteiger partial charge in [0.2, 0.25) is 4.80 Å². The molecule has 0 saturated carbocycles. The van der Waals surface area contributed by atoms with Crippen molar-refractivity contribution in [3.63, 3.8) is 0 Å². The van der Waals surface area contributed by atoms with E-state index >= 15 is 0 Å². The molecule has 0 aliphatic heterocycles. The maximum atomic E-state index is 5.58. The van der Waals surface area contributed by atoms with Crippen molar-refractivity contribution in [2.75, 3.05) is 21.3 Å². The Hall–Kier alpha value is -2.86. The molecule has 1 aliphatic carbocycles. The zero-order valence-electron chi connectivity index (χ0n) is 15.6. The summed E-state index contributed by atoms with van der Waals surface area (Å²) < 4.78 is 12.9. The SMILES string of the molecule is CN=c1scc(-c2cc(OC)ccc2OC)n1N=C1CCc2ccccc21. The van der Waals surface area contributed by atoms with Crippen LogP contribution in [-0.4, -0.2) is 31.7 Å². The molecule has 0 N–H and O–H groups in total. The third kappa shape index (κ3) is 3.17. The van der Waals surface area contributed by atoms with Crippen LogP contribution in [0.15, 0.2) is 57.9 Å². The molecule has 1 aromatic heterocycles. The average molecular weight is 379 g/mol. The summed E-state index contributed by atoms with van der Waals surface area (Å²) >= 11 is 1.56. The molecule has 0 fully saturated rings. The third-order valence-corrected chi connectivity index (χ3v) is 5.65. The van der Waals surface area contributed by atoms with E-state index in [0.717, 1.165) is 46.1 Å². The van der Waals surface area contributed by atoms with Crippen molar-refractivity contribution in [1.82, 2.24) is 4.68 Å². The Morgan fingerprint density at radius 2 is 1.85 bits per heavy atom. The second-order valence-corrected chi connectivity index (χ2v) is 7.05. The second-order valence-electron chi connectivity index (χ2n) is 6.21. The summed E-state index contributed by atoms with van der Waals surface area (Å²) in [5, 5.41) is 7.05. The zero-order valence-corrected chi connectivity index (χ0v) is 16.4. The summed E-state index contributed by atoms with van der Waals surface area (Å²) in [6, 6.07) is 14.2. The van der Waals surface area contributed by atoms with Crippen LogP contribution in [0.2, 0.25) is 0 Å². The van der Waals surface area contributed by atoms with E-state index < -0.39 is 0 Å². The molecule has 27 heavy (non-hydrogen) atoms. The fourth-order valence-electron chi connectivity index (χ4n) is 3.38. The largest absolute Gasteiger partial charge is 0.497 e. The van der Waals surface area contributed by atoms with E-state index in [0.29, 0.717) is 0 Å². The molecule has 2 aromatic carbocycles. The zero-order chi connectivity index (χ0) is 18.8. The first-order chi connectivity index (χ1) is 13.2. The molecule has 3 aromatic rings. The van der Waals surface area contributed by atoms with Gasteiger partial charge in [-0.15, -0.1) is 11.3 Å². The molecule has 6 heteroatoms. The first-order valence-electron chi connectivity index (χ1n) is 8.77. The number of aryl methyl sites for hydroxylation is 1. The molecule has 5 nitrogen and oxygen atoms in total. The molecule has 4 rings (SSSR count). The highest BCUT2D eigenvalue weighted by Gasteiger charge is 2.19. The van der Waals surface area contributed by atoms with Gasteiger partial charge >= 0.3 is 0 Å². The number of thiazole rings is 1. The Kier molecular flexibility index (Phi) is 4.81. The first kappa shape index (κ1) is 17.5. The van der Waals surface area contributed by atoms with Crippen LogP contribution in [0, 0.1) is 0 Å². The number of nitrogens with zero attached hydrogens (tertiary/aromatic N) is 3. The molecular weight excluding hydrogens is 358 g/mol. The van der Waals surface area contributed by atoms with Gasteiger partial charge in [-0.2, -0.15) is 5.10 Å². The first-order valence-corrected chi connectivity index (χ1v) is 9.65. The van der Waals surface area contributed by atoms with Crippen LogP contribution < -0.4 is 14.3 Å². The normalized spacial score (nSPS) is 15.2. The number of rotatable bonds is 4. The number of benzene rings is 2. The molecule has 0 radical (unpaired) electrons. The van der Waals surface area contributed by atoms with Gasteiger partial charge in [0.25, 0.3) is 0 Å². The fourth-order valence-corrected chi connectivity index (χ4v) is 4.17. The van der Waals surface area contributed by atoms with Crippen LogP contribution in [0.3, 0.4) is 0 Å². The highest BCUT2D eigenvalue weighted by Crippen LogP contribution is 2.34. The van der Waals surface area contributed by atoms with Crippen molar-refractivity contribution in [2.45, 2.75) is 12.8 Å². The highest BCUT2D eigenvalue weighted by atomic mass is 32.1. The minimum atomic E-state index is 0.775. The molecule has 0 saturated heterocycles. The van der Waals surface area contributed by atoms with Gasteiger partial charge in [0.1, 0.15) is 11.5 Å². The minimum absolute atomic E-state index is 0.775. The number of hydrogen-bond acceptors (Lipinski definition) is 5. The van der Waals surface area contributed by atoms with Crippen molar-refractivity contribution in [2.24, 2.45) is 10.1 Å². The smallest absolute Gasteiger partial charge is 0.205 e. The van der Waals surface area contributed by atoms with Crippen LogP contribution in [0.5, 0.6) is 11.5 Å². The lowest BCUT2D eigenvalue weighted by atomic mass is 10.1. The quantitative estimate of drug-likeness (QED) is 0.689. The van der Waals surface area contributed by atoms with Gasteiger partial charge in [0, 0.05) is 23.6 Å². The standard InChI is InChI=1S/C21H21N3O2S/c1-22-21-24(23-18-10-8-14-6-4-5-7-16(14)18)19(13-27-21)17-12-15(25-2)9-11-20(17)26-3/h4-7,9,11-13H,8,10H2,1-3H3. The highest BCUT2D eigenvalue weighted by molar-refractivity contribution is 7.07. The van der Waals surface area contributed by atoms with Crippen LogP contribution in [-0.2, 0) is 6.42 Å². The van der Waals surface area contributed by atoms with Crippen LogP contribution in [0.4, 0.5) is 0 Å². The Balaban J connectivity index is 1.90. The lowest BCUT2D eigenvalue weighted by Gasteiger charge is -2.11. The molecule has 138 valence electrons. The molecular formula is C21H21N3O2S. The predicted octanol–water partition coefficient (Wildman–Crippen LogP) is 3.96. The maximum Gasteiger partial charge on any atom is 0.205 e. The van der Waals surface area contributed by atoms with Crippen LogP contribution >= 0.6 is 11.3 Å². The van der Waals surface area contributed by atoms with E-state index in [4.69, 9.17) is 14.6 Å². The molecule has 1 heterocycles. The Morgan fingerprint density at radius 1 is 1.00 bits per heavy atom. The third-order valence-electron chi connectivity index (χ3n) is 4.74. The number of methoxy groups -OCH3 is 2. The topological polar surface area (TPSA) is 48.1 Å². The maximum absolute atomic E-state index is 5.58. The van der Waals surface area contributed by atoms with Gasteiger partial charge in [-0.3, -0.25) is 4.99 Å². The van der Waals surface area contributed by atoms with Crippen molar-refractivity contribution < 1.29 is 9.47 Å². The van der Waals surface area contributed by atoms with Crippen molar-refractivity contribution in [3.05, 3.63) is 63.8 Å². The summed E-state index contributed by atoms with van der Waals surface area (Å²) in [6.07, 6.45) is 1.95. The van der Waals surface area contributed by atoms with Crippen molar-refractivity contribution in [1.29, 1.82) is 0 Å². The van der Waals surface area contributed by atoms with Crippen molar-refractivity contribution in [3.8, 4) is 22.8 Å². The summed E-state index contributed by atoms with van der Waals surface area (Å²) in [5.74, 6) is 1.55. The molecule has 0 spiro atoms.